The van der Waals surface area contributed by atoms with E-state index in [2.05, 4.69) is 15.0 Å². The number of carbonyl (C=O) groups excluding carboxylic acids is 1. The van der Waals surface area contributed by atoms with Crippen LogP contribution >= 0.6 is 0 Å². The van der Waals surface area contributed by atoms with Crippen molar-refractivity contribution in [1.29, 1.82) is 0 Å². The van der Waals surface area contributed by atoms with E-state index in [1.165, 1.54) is 13.1 Å². The van der Waals surface area contributed by atoms with Gasteiger partial charge in [-0.25, -0.2) is 8.42 Å². The molecule has 108 valence electrons. The number of carbonyl (C=O) groups is 1. The third-order valence-corrected chi connectivity index (χ3v) is 4.57. The highest BCUT2D eigenvalue weighted by molar-refractivity contribution is 7.89. The molecule has 0 saturated heterocycles. The number of nitrogens with one attached hydrogen (secondary N) is 3. The van der Waals surface area contributed by atoms with Gasteiger partial charge in [0.2, 0.25) is 15.9 Å². The average molecular weight is 295 g/mol. The van der Waals surface area contributed by atoms with E-state index in [0.717, 1.165) is 10.9 Å². The van der Waals surface area contributed by atoms with Crippen LogP contribution in [0.15, 0.2) is 35.4 Å². The zero-order valence-corrected chi connectivity index (χ0v) is 12.1. The predicted molar refractivity (Wildman–Crippen MR) is 76.8 cm³/mol. The van der Waals surface area contributed by atoms with Crippen molar-refractivity contribution in [2.24, 2.45) is 0 Å². The highest BCUT2D eigenvalue weighted by atomic mass is 32.2. The highest BCUT2D eigenvalue weighted by Crippen LogP contribution is 2.18. The van der Waals surface area contributed by atoms with Gasteiger partial charge in [-0.1, -0.05) is 13.0 Å². The van der Waals surface area contributed by atoms with Crippen LogP contribution in [0.4, 0.5) is 0 Å². The Morgan fingerprint density at radius 2 is 2.10 bits per heavy atom. The first kappa shape index (κ1) is 14.5. The predicted octanol–water partition coefficient (Wildman–Crippen LogP) is 0.971. The van der Waals surface area contributed by atoms with E-state index in [0.29, 0.717) is 6.42 Å². The quantitative estimate of drug-likeness (QED) is 0.767. The molecule has 6 nitrogen and oxygen atoms in total. The summed E-state index contributed by atoms with van der Waals surface area (Å²) in [6.07, 6.45) is 2.12. The summed E-state index contributed by atoms with van der Waals surface area (Å²) in [6.45, 7) is 1.75. The van der Waals surface area contributed by atoms with Crippen molar-refractivity contribution in [3.63, 3.8) is 0 Å². The number of hydrogen-bond donors (Lipinski definition) is 3. The molecule has 0 aliphatic carbocycles. The van der Waals surface area contributed by atoms with Gasteiger partial charge in [0.25, 0.3) is 0 Å². The summed E-state index contributed by atoms with van der Waals surface area (Å²) in [5.74, 6) is -0.350. The van der Waals surface area contributed by atoms with E-state index in [4.69, 9.17) is 0 Å². The zero-order chi connectivity index (χ0) is 14.8. The molecule has 0 bridgehead atoms. The molecule has 2 rings (SSSR count). The van der Waals surface area contributed by atoms with Crippen molar-refractivity contribution in [3.05, 3.63) is 30.5 Å². The molecule has 3 N–H and O–H groups in total. The smallest absolute Gasteiger partial charge is 0.241 e. The molecule has 7 heteroatoms. The van der Waals surface area contributed by atoms with E-state index in [1.807, 2.05) is 6.07 Å². The van der Waals surface area contributed by atoms with E-state index < -0.39 is 16.1 Å². The maximum Gasteiger partial charge on any atom is 0.241 e. The van der Waals surface area contributed by atoms with E-state index in [-0.39, 0.29) is 10.8 Å². The van der Waals surface area contributed by atoms with Gasteiger partial charge in [0.1, 0.15) is 6.04 Å². The first-order valence-electron chi connectivity index (χ1n) is 6.29. The third-order valence-electron chi connectivity index (χ3n) is 3.11. The number of aromatic amines is 1. The number of rotatable bonds is 5. The molecule has 20 heavy (non-hydrogen) atoms. The van der Waals surface area contributed by atoms with Crippen molar-refractivity contribution in [2.45, 2.75) is 24.3 Å². The van der Waals surface area contributed by atoms with Crippen molar-refractivity contribution in [3.8, 4) is 0 Å². The average Bonchev–Trinajstić information content (AvgIpc) is 2.91. The van der Waals surface area contributed by atoms with Crippen LogP contribution in [0.2, 0.25) is 0 Å². The number of likely N-dealkylation sites (N-methyl/N-ethyl adjacent to an activating group) is 1. The van der Waals surface area contributed by atoms with Crippen molar-refractivity contribution >= 4 is 26.8 Å². The topological polar surface area (TPSA) is 91.1 Å². The summed E-state index contributed by atoms with van der Waals surface area (Å²) in [5, 5.41) is 3.38. The van der Waals surface area contributed by atoms with Crippen molar-refractivity contribution < 1.29 is 13.2 Å². The fraction of sp³-hybridized carbons (Fsp3) is 0.308. The lowest BCUT2D eigenvalue weighted by Gasteiger charge is -2.15. The molecule has 1 aromatic heterocycles. The van der Waals surface area contributed by atoms with Gasteiger partial charge < -0.3 is 10.3 Å². The van der Waals surface area contributed by atoms with Crippen LogP contribution in [-0.2, 0) is 14.8 Å². The molecule has 0 spiro atoms. The van der Waals surface area contributed by atoms with Gasteiger partial charge in [0.05, 0.1) is 4.90 Å². The first-order chi connectivity index (χ1) is 9.47. The van der Waals surface area contributed by atoms with Crippen LogP contribution in [-0.4, -0.2) is 32.4 Å². The molecule has 1 amide bonds. The second-order valence-corrected chi connectivity index (χ2v) is 6.14. The standard InChI is InChI=1S/C13H17N3O3S/c1-3-11(13(17)14-2)16-20(18,19)10-5-4-9-6-7-15-12(9)8-10/h4-8,11,15-16H,3H2,1-2H3,(H,14,17). The van der Waals surface area contributed by atoms with Crippen LogP contribution in [0.3, 0.4) is 0 Å². The van der Waals surface area contributed by atoms with Crippen LogP contribution in [0.5, 0.6) is 0 Å². The molecule has 1 aromatic carbocycles. The number of fused-ring (bicyclic) bond motifs is 1. The van der Waals surface area contributed by atoms with E-state index >= 15 is 0 Å². The number of H-pyrrole nitrogens is 1. The summed E-state index contributed by atoms with van der Waals surface area (Å²) >= 11 is 0. The summed E-state index contributed by atoms with van der Waals surface area (Å²) < 4.78 is 27.0. The molecule has 0 fully saturated rings. The molecular formula is C13H17N3O3S. The molecule has 1 unspecified atom stereocenters. The molecule has 0 saturated carbocycles. The van der Waals surface area contributed by atoms with Crippen LogP contribution in [0, 0.1) is 0 Å². The molecule has 0 aliphatic rings. The molecule has 2 aromatic rings. The molecular weight excluding hydrogens is 278 g/mol. The van der Waals surface area contributed by atoms with E-state index in [9.17, 15) is 13.2 Å². The number of amides is 1. The number of sulfonamides is 1. The SMILES string of the molecule is CCC(NS(=O)(=O)c1ccc2cc[nH]c2c1)C(=O)NC. The number of aromatic nitrogens is 1. The largest absolute Gasteiger partial charge is 0.361 e. The Morgan fingerprint density at radius 1 is 1.35 bits per heavy atom. The Bertz CT molecular complexity index is 721. The minimum Gasteiger partial charge on any atom is -0.361 e. The Labute approximate surface area is 117 Å². The Kier molecular flexibility index (Phi) is 4.10. The van der Waals surface area contributed by atoms with Gasteiger partial charge in [-0.3, -0.25) is 4.79 Å². The van der Waals surface area contributed by atoms with Crippen LogP contribution < -0.4 is 10.0 Å². The van der Waals surface area contributed by atoms with E-state index in [1.54, 1.807) is 25.3 Å². The fourth-order valence-corrected chi connectivity index (χ4v) is 3.25. The molecule has 1 heterocycles. The van der Waals surface area contributed by atoms with Crippen molar-refractivity contribution in [1.82, 2.24) is 15.0 Å². The van der Waals surface area contributed by atoms with Gasteiger partial charge in [0.15, 0.2) is 0 Å². The molecule has 0 aliphatic heterocycles. The lowest BCUT2D eigenvalue weighted by molar-refractivity contribution is -0.122. The lowest BCUT2D eigenvalue weighted by Crippen LogP contribution is -2.45. The number of benzene rings is 1. The summed E-state index contributed by atoms with van der Waals surface area (Å²) in [6, 6.07) is 5.88. The second-order valence-electron chi connectivity index (χ2n) is 4.42. The van der Waals surface area contributed by atoms with Gasteiger partial charge in [-0.2, -0.15) is 4.72 Å². The maximum absolute atomic E-state index is 12.3. The third kappa shape index (κ3) is 2.83. The Morgan fingerprint density at radius 3 is 2.75 bits per heavy atom. The Hall–Kier alpha value is -1.86. The van der Waals surface area contributed by atoms with Gasteiger partial charge >= 0.3 is 0 Å². The van der Waals surface area contributed by atoms with Gasteiger partial charge in [-0.05, 0) is 30.0 Å². The first-order valence-corrected chi connectivity index (χ1v) is 7.77. The second kappa shape index (κ2) is 5.64. The maximum atomic E-state index is 12.3. The summed E-state index contributed by atoms with van der Waals surface area (Å²) in [5.41, 5.74) is 0.737. The minimum atomic E-state index is -3.73. The van der Waals surface area contributed by atoms with Crippen LogP contribution in [0.1, 0.15) is 13.3 Å². The van der Waals surface area contributed by atoms with Gasteiger partial charge in [0, 0.05) is 18.8 Å². The van der Waals surface area contributed by atoms with Crippen LogP contribution in [0.25, 0.3) is 10.9 Å². The highest BCUT2D eigenvalue weighted by Gasteiger charge is 2.23. The molecule has 0 radical (unpaired) electrons. The van der Waals surface area contributed by atoms with Crippen molar-refractivity contribution in [2.75, 3.05) is 7.05 Å². The zero-order valence-electron chi connectivity index (χ0n) is 11.3. The summed E-state index contributed by atoms with van der Waals surface area (Å²) in [7, 11) is -2.25. The van der Waals surface area contributed by atoms with Gasteiger partial charge in [-0.15, -0.1) is 0 Å². The number of hydrogen-bond acceptors (Lipinski definition) is 3. The fourth-order valence-electron chi connectivity index (χ4n) is 1.95. The lowest BCUT2D eigenvalue weighted by atomic mass is 10.2. The normalized spacial score (nSPS) is 13.3. The Balaban J connectivity index is 2.31. The summed E-state index contributed by atoms with van der Waals surface area (Å²) in [4.78, 5) is 14.7. The monoisotopic (exact) mass is 295 g/mol. The molecule has 1 atom stereocenters. The minimum absolute atomic E-state index is 0.134.